The summed E-state index contributed by atoms with van der Waals surface area (Å²) in [6.45, 7) is 13.6. The Hall–Kier alpha value is -1.88. The van der Waals surface area contributed by atoms with Gasteiger partial charge in [0.1, 0.15) is 0 Å². The summed E-state index contributed by atoms with van der Waals surface area (Å²) < 4.78 is 0. The molecule has 0 heterocycles. The van der Waals surface area contributed by atoms with Crippen molar-refractivity contribution in [3.8, 4) is 0 Å². The molecule has 0 bridgehead atoms. The Kier molecular flexibility index (Phi) is 7.92. The van der Waals surface area contributed by atoms with Crippen LogP contribution in [0.1, 0.15) is 51.7 Å². The van der Waals surface area contributed by atoms with Crippen molar-refractivity contribution in [1.29, 1.82) is 0 Å². The first-order chi connectivity index (χ1) is 11.3. The van der Waals surface area contributed by atoms with E-state index in [0.29, 0.717) is 19.0 Å². The van der Waals surface area contributed by atoms with Crippen molar-refractivity contribution in [3.05, 3.63) is 29.3 Å². The fourth-order valence-corrected chi connectivity index (χ4v) is 2.81. The summed E-state index contributed by atoms with van der Waals surface area (Å²) in [7, 11) is 0. The van der Waals surface area contributed by atoms with E-state index in [0.717, 1.165) is 28.3 Å². The molecule has 3 N–H and O–H groups in total. The molecular weight excluding hydrogens is 302 g/mol. The third kappa shape index (κ3) is 5.34. The van der Waals surface area contributed by atoms with Crippen LogP contribution in [0.4, 0.5) is 5.69 Å². The van der Waals surface area contributed by atoms with Crippen molar-refractivity contribution in [1.82, 2.24) is 5.32 Å². The van der Waals surface area contributed by atoms with Crippen molar-refractivity contribution in [2.45, 2.75) is 53.5 Å². The van der Waals surface area contributed by atoms with E-state index in [2.05, 4.69) is 30.5 Å². The second kappa shape index (κ2) is 9.42. The van der Waals surface area contributed by atoms with E-state index in [1.54, 1.807) is 0 Å². The van der Waals surface area contributed by atoms with Crippen LogP contribution in [0.25, 0.3) is 0 Å². The molecule has 0 saturated heterocycles. The Bertz CT molecular complexity index is 570. The third-order valence-corrected chi connectivity index (χ3v) is 4.40. The molecule has 0 aromatic heterocycles. The van der Waals surface area contributed by atoms with Crippen molar-refractivity contribution in [2.24, 2.45) is 0 Å². The lowest BCUT2D eigenvalue weighted by Crippen LogP contribution is -3.17. The van der Waals surface area contributed by atoms with Gasteiger partial charge in [0, 0.05) is 12.2 Å². The highest BCUT2D eigenvalue weighted by molar-refractivity contribution is 5.95. The largest absolute Gasteiger partial charge is 0.351 e. The molecule has 134 valence electrons. The number of nitrogens with one attached hydrogen (secondary N) is 3. The molecule has 1 aromatic carbocycles. The minimum atomic E-state index is -0.294. The molecule has 24 heavy (non-hydrogen) atoms. The fourth-order valence-electron chi connectivity index (χ4n) is 2.81. The number of benzene rings is 1. The Morgan fingerprint density at radius 3 is 2.38 bits per heavy atom. The maximum Gasteiger partial charge on any atom is 0.282 e. The molecule has 0 radical (unpaired) electrons. The summed E-state index contributed by atoms with van der Waals surface area (Å²) in [6.07, 6.45) is 0. The smallest absolute Gasteiger partial charge is 0.282 e. The second-order valence-corrected chi connectivity index (χ2v) is 6.55. The van der Waals surface area contributed by atoms with E-state index >= 15 is 0 Å². The van der Waals surface area contributed by atoms with Gasteiger partial charge in [0.25, 0.3) is 11.8 Å². The lowest BCUT2D eigenvalue weighted by atomic mass is 9.98. The lowest BCUT2D eigenvalue weighted by Gasteiger charge is -2.24. The Morgan fingerprint density at radius 1 is 1.17 bits per heavy atom. The van der Waals surface area contributed by atoms with Gasteiger partial charge in [0.05, 0.1) is 6.54 Å². The number of carbonyl (C=O) groups excluding carboxylic acids is 2. The highest BCUT2D eigenvalue weighted by Crippen LogP contribution is 2.27. The molecule has 0 aliphatic heterocycles. The van der Waals surface area contributed by atoms with Crippen molar-refractivity contribution in [2.75, 3.05) is 25.0 Å². The topological polar surface area (TPSA) is 62.6 Å². The summed E-state index contributed by atoms with van der Waals surface area (Å²) in [5, 5.41) is 5.88. The van der Waals surface area contributed by atoms with E-state index in [-0.39, 0.29) is 17.9 Å². The minimum Gasteiger partial charge on any atom is -0.351 e. The monoisotopic (exact) mass is 334 g/mol. The van der Waals surface area contributed by atoms with Gasteiger partial charge < -0.3 is 15.5 Å². The summed E-state index contributed by atoms with van der Waals surface area (Å²) in [5.74, 6) is 0.264. The number of hydrogen-bond donors (Lipinski definition) is 3. The molecule has 5 nitrogen and oxygen atoms in total. The van der Waals surface area contributed by atoms with Crippen molar-refractivity contribution < 1.29 is 14.5 Å². The summed E-state index contributed by atoms with van der Waals surface area (Å²) in [4.78, 5) is 25.5. The highest BCUT2D eigenvalue weighted by atomic mass is 16.2. The lowest BCUT2D eigenvalue weighted by molar-refractivity contribution is -0.904. The van der Waals surface area contributed by atoms with E-state index in [9.17, 15) is 9.59 Å². The van der Waals surface area contributed by atoms with Gasteiger partial charge in [-0.15, -0.1) is 0 Å². The SMILES string of the molecule is CCNC(=O)C[NH+](CC)[C@@H](C)C(=O)Nc1c(C)cccc1C(C)C. The fraction of sp³-hybridized carbons (Fsp3) is 0.579. The number of anilines is 1. The maximum atomic E-state index is 12.7. The van der Waals surface area contributed by atoms with Gasteiger partial charge in [-0.05, 0) is 44.7 Å². The quantitative estimate of drug-likeness (QED) is 0.674. The normalized spacial score (nSPS) is 13.5. The molecule has 0 fully saturated rings. The van der Waals surface area contributed by atoms with Gasteiger partial charge in [-0.1, -0.05) is 32.0 Å². The second-order valence-electron chi connectivity index (χ2n) is 6.55. The summed E-state index contributed by atoms with van der Waals surface area (Å²) >= 11 is 0. The molecule has 0 aliphatic rings. The predicted octanol–water partition coefficient (Wildman–Crippen LogP) is 1.49. The molecule has 0 spiro atoms. The van der Waals surface area contributed by atoms with E-state index < -0.39 is 0 Å². The number of aryl methyl sites for hydroxylation is 1. The van der Waals surface area contributed by atoms with Crippen LogP contribution in [0, 0.1) is 6.92 Å². The number of amides is 2. The molecule has 0 aliphatic carbocycles. The van der Waals surface area contributed by atoms with Gasteiger partial charge in [-0.2, -0.15) is 0 Å². The Balaban J connectivity index is 2.88. The molecular formula is C19H32N3O2+. The molecule has 1 rings (SSSR count). The highest BCUT2D eigenvalue weighted by Gasteiger charge is 2.26. The van der Waals surface area contributed by atoms with Crippen LogP contribution in [0.15, 0.2) is 18.2 Å². The van der Waals surface area contributed by atoms with E-state index in [1.807, 2.05) is 39.8 Å². The Labute approximate surface area is 145 Å². The first-order valence-corrected chi connectivity index (χ1v) is 8.83. The van der Waals surface area contributed by atoms with Gasteiger partial charge in [0.2, 0.25) is 0 Å². The Morgan fingerprint density at radius 2 is 1.83 bits per heavy atom. The zero-order chi connectivity index (χ0) is 18.3. The average Bonchev–Trinajstić information content (AvgIpc) is 2.53. The van der Waals surface area contributed by atoms with Gasteiger partial charge in [0.15, 0.2) is 12.6 Å². The zero-order valence-electron chi connectivity index (χ0n) is 15.8. The van der Waals surface area contributed by atoms with Crippen molar-refractivity contribution >= 4 is 17.5 Å². The van der Waals surface area contributed by atoms with Crippen LogP contribution in [0.2, 0.25) is 0 Å². The number of hydrogen-bond acceptors (Lipinski definition) is 2. The van der Waals surface area contributed by atoms with Crippen LogP contribution >= 0.6 is 0 Å². The molecule has 0 saturated carbocycles. The summed E-state index contributed by atoms with van der Waals surface area (Å²) in [6, 6.07) is 5.78. The molecule has 1 aromatic rings. The van der Waals surface area contributed by atoms with E-state index in [4.69, 9.17) is 0 Å². The standard InChI is InChI=1S/C19H31N3O2/c1-7-20-17(23)12-22(8-2)15(6)19(24)21-18-14(5)10-9-11-16(18)13(3)4/h9-11,13,15H,7-8,12H2,1-6H3,(H,20,23)(H,21,24)/p+1/t15-/m0/s1. The van der Waals surface area contributed by atoms with Gasteiger partial charge >= 0.3 is 0 Å². The summed E-state index contributed by atoms with van der Waals surface area (Å²) in [5.41, 5.74) is 3.10. The number of likely N-dealkylation sites (N-methyl/N-ethyl adjacent to an activating group) is 2. The predicted molar refractivity (Wildman–Crippen MR) is 98.4 cm³/mol. The number of rotatable bonds is 8. The number of para-hydroxylation sites is 1. The molecule has 1 unspecified atom stereocenters. The van der Waals surface area contributed by atoms with E-state index in [1.165, 1.54) is 0 Å². The number of quaternary nitrogens is 1. The van der Waals surface area contributed by atoms with Crippen LogP contribution in [-0.2, 0) is 9.59 Å². The minimum absolute atomic E-state index is 0.0206. The van der Waals surface area contributed by atoms with Gasteiger partial charge in [-0.25, -0.2) is 0 Å². The first kappa shape index (κ1) is 20.2. The molecule has 2 atom stereocenters. The van der Waals surface area contributed by atoms with Crippen LogP contribution in [0.3, 0.4) is 0 Å². The third-order valence-electron chi connectivity index (χ3n) is 4.40. The number of carbonyl (C=O) groups is 2. The molecule has 5 heteroatoms. The maximum absolute atomic E-state index is 12.7. The zero-order valence-corrected chi connectivity index (χ0v) is 15.8. The van der Waals surface area contributed by atoms with Crippen LogP contribution < -0.4 is 15.5 Å². The first-order valence-electron chi connectivity index (χ1n) is 8.83. The molecule has 2 amide bonds. The van der Waals surface area contributed by atoms with Crippen LogP contribution in [0.5, 0.6) is 0 Å². The van der Waals surface area contributed by atoms with Gasteiger partial charge in [-0.3, -0.25) is 9.59 Å². The van der Waals surface area contributed by atoms with Crippen LogP contribution in [-0.4, -0.2) is 37.5 Å². The average molecular weight is 334 g/mol. The van der Waals surface area contributed by atoms with Crippen molar-refractivity contribution in [3.63, 3.8) is 0 Å².